The summed E-state index contributed by atoms with van der Waals surface area (Å²) in [5, 5.41) is 0. The fourth-order valence-corrected chi connectivity index (χ4v) is 1.17. The van der Waals surface area contributed by atoms with Crippen LogP contribution in [-0.4, -0.2) is 4.55 Å². The summed E-state index contributed by atoms with van der Waals surface area (Å²) in [5.74, 6) is 0. The molecule has 0 bridgehead atoms. The van der Waals surface area contributed by atoms with Crippen LogP contribution in [0, 0.1) is 0 Å². The number of nitrogens with two attached hydrogens (primary N) is 1. The molecule has 0 saturated heterocycles. The van der Waals surface area contributed by atoms with Crippen LogP contribution in [0.15, 0.2) is 29.2 Å². The maximum absolute atomic E-state index is 8.71. The van der Waals surface area contributed by atoms with Crippen LogP contribution in [0.25, 0.3) is 0 Å². The van der Waals surface area contributed by atoms with Crippen molar-refractivity contribution in [3.05, 3.63) is 29.8 Å². The highest BCUT2D eigenvalue weighted by molar-refractivity contribution is 7.93. The predicted octanol–water partition coefficient (Wildman–Crippen LogP) is 2.74. The van der Waals surface area contributed by atoms with Crippen LogP contribution in [0.2, 0.25) is 0 Å². The van der Waals surface area contributed by atoms with E-state index in [4.69, 9.17) is 10.3 Å². The smallest absolute Gasteiger partial charge is 0.0395 e. The van der Waals surface area contributed by atoms with Crippen molar-refractivity contribution in [3.8, 4) is 0 Å². The van der Waals surface area contributed by atoms with E-state index in [2.05, 4.69) is 0 Å². The molecule has 0 unspecified atom stereocenters. The largest absolute Gasteiger partial charge is 0.326 e. The Morgan fingerprint density at radius 1 is 1.33 bits per heavy atom. The fraction of sp³-hybridized carbons (Fsp3) is 0.333. The summed E-state index contributed by atoms with van der Waals surface area (Å²) >= 11 is 0.740. The minimum Gasteiger partial charge on any atom is -0.326 e. The maximum Gasteiger partial charge on any atom is 0.0395 e. The maximum atomic E-state index is 8.71. The average Bonchev–Trinajstić information content (AvgIpc) is 2.20. The van der Waals surface area contributed by atoms with E-state index < -0.39 is 0 Å². The molecule has 3 heteroatoms. The van der Waals surface area contributed by atoms with Gasteiger partial charge in [-0.15, -0.1) is 0 Å². The van der Waals surface area contributed by atoms with Gasteiger partial charge >= 0.3 is 0 Å². The van der Waals surface area contributed by atoms with Crippen LogP contribution in [0.1, 0.15) is 19.4 Å². The topological polar surface area (TPSA) is 46.2 Å². The molecule has 0 atom stereocenters. The second-order valence-corrected chi connectivity index (χ2v) is 2.53. The summed E-state index contributed by atoms with van der Waals surface area (Å²) in [4.78, 5) is 0.838. The van der Waals surface area contributed by atoms with Gasteiger partial charge in [0.1, 0.15) is 0 Å². The van der Waals surface area contributed by atoms with Crippen molar-refractivity contribution in [2.75, 3.05) is 0 Å². The van der Waals surface area contributed by atoms with Crippen molar-refractivity contribution >= 4 is 12.0 Å². The SMILES string of the molecule is CC.NCc1ccccc1SO. The number of hydrogen-bond acceptors (Lipinski definition) is 3. The zero-order chi connectivity index (χ0) is 9.40. The zero-order valence-corrected chi connectivity index (χ0v) is 8.27. The molecule has 0 saturated carbocycles. The number of benzene rings is 1. The monoisotopic (exact) mass is 185 g/mol. The Morgan fingerprint density at radius 2 is 1.92 bits per heavy atom. The molecule has 12 heavy (non-hydrogen) atoms. The summed E-state index contributed by atoms with van der Waals surface area (Å²) in [6, 6.07) is 7.52. The van der Waals surface area contributed by atoms with Gasteiger partial charge in [0.2, 0.25) is 0 Å². The summed E-state index contributed by atoms with van der Waals surface area (Å²) in [5.41, 5.74) is 6.38. The quantitative estimate of drug-likeness (QED) is 0.696. The van der Waals surface area contributed by atoms with Gasteiger partial charge in [-0.25, -0.2) is 0 Å². The van der Waals surface area contributed by atoms with E-state index in [-0.39, 0.29) is 0 Å². The van der Waals surface area contributed by atoms with Gasteiger partial charge in [-0.2, -0.15) is 0 Å². The van der Waals surface area contributed by atoms with E-state index in [1.165, 1.54) is 0 Å². The van der Waals surface area contributed by atoms with Crippen molar-refractivity contribution < 1.29 is 4.55 Å². The minimum absolute atomic E-state index is 0.476. The van der Waals surface area contributed by atoms with Gasteiger partial charge in [0.25, 0.3) is 0 Å². The lowest BCUT2D eigenvalue weighted by Crippen LogP contribution is -1.97. The molecule has 1 aromatic carbocycles. The first-order valence-electron chi connectivity index (χ1n) is 3.98. The molecule has 1 rings (SSSR count). The lowest BCUT2D eigenvalue weighted by atomic mass is 10.2. The molecule has 0 aliphatic heterocycles. The standard InChI is InChI=1S/C7H9NOS.C2H6/c8-5-6-3-1-2-4-7(6)10-9;1-2/h1-4,9H,5,8H2;1-2H3. The van der Waals surface area contributed by atoms with Crippen LogP contribution in [-0.2, 0) is 6.54 Å². The van der Waals surface area contributed by atoms with Crippen LogP contribution in [0.3, 0.4) is 0 Å². The first-order valence-corrected chi connectivity index (χ1v) is 4.75. The van der Waals surface area contributed by atoms with Crippen LogP contribution >= 0.6 is 12.0 Å². The Bertz CT molecular complexity index is 192. The van der Waals surface area contributed by atoms with E-state index in [1.54, 1.807) is 0 Å². The summed E-state index contributed by atoms with van der Waals surface area (Å²) < 4.78 is 8.71. The van der Waals surface area contributed by atoms with Gasteiger partial charge in [0.15, 0.2) is 0 Å². The molecule has 0 radical (unpaired) electrons. The summed E-state index contributed by atoms with van der Waals surface area (Å²) in [7, 11) is 0. The van der Waals surface area contributed by atoms with Crippen molar-refractivity contribution in [3.63, 3.8) is 0 Å². The summed E-state index contributed by atoms with van der Waals surface area (Å²) in [6.45, 7) is 4.48. The van der Waals surface area contributed by atoms with Crippen LogP contribution in [0.5, 0.6) is 0 Å². The third kappa shape index (κ3) is 3.26. The Balaban J connectivity index is 0.000000561. The van der Waals surface area contributed by atoms with Gasteiger partial charge in [-0.1, -0.05) is 32.0 Å². The molecular formula is C9H15NOS. The van der Waals surface area contributed by atoms with Crippen molar-refractivity contribution in [1.29, 1.82) is 0 Å². The Hall–Kier alpha value is -0.510. The third-order valence-electron chi connectivity index (χ3n) is 1.29. The molecule has 0 amide bonds. The molecule has 1 aromatic rings. The van der Waals surface area contributed by atoms with E-state index in [9.17, 15) is 0 Å². The van der Waals surface area contributed by atoms with Crippen LogP contribution in [0.4, 0.5) is 0 Å². The van der Waals surface area contributed by atoms with E-state index in [0.29, 0.717) is 6.54 Å². The molecule has 2 nitrogen and oxygen atoms in total. The Kier molecular flexibility index (Phi) is 6.85. The first-order chi connectivity index (χ1) is 5.88. The molecule has 0 aliphatic carbocycles. The number of hydrogen-bond donors (Lipinski definition) is 2. The minimum atomic E-state index is 0.476. The molecule has 0 heterocycles. The molecular weight excluding hydrogens is 170 g/mol. The third-order valence-corrected chi connectivity index (χ3v) is 1.89. The molecule has 0 fully saturated rings. The lowest BCUT2D eigenvalue weighted by Gasteiger charge is -2.00. The molecule has 0 aromatic heterocycles. The average molecular weight is 185 g/mol. The molecule has 3 N–H and O–H groups in total. The van der Waals surface area contributed by atoms with E-state index in [0.717, 1.165) is 22.5 Å². The highest BCUT2D eigenvalue weighted by Gasteiger charge is 1.96. The van der Waals surface area contributed by atoms with Gasteiger partial charge < -0.3 is 10.3 Å². The molecule has 0 aliphatic rings. The van der Waals surface area contributed by atoms with Gasteiger partial charge in [0, 0.05) is 23.5 Å². The normalized spacial score (nSPS) is 8.67. The first kappa shape index (κ1) is 11.5. The van der Waals surface area contributed by atoms with E-state index in [1.807, 2.05) is 38.1 Å². The second kappa shape index (κ2) is 7.16. The zero-order valence-electron chi connectivity index (χ0n) is 7.45. The van der Waals surface area contributed by atoms with Gasteiger partial charge in [-0.05, 0) is 11.6 Å². The van der Waals surface area contributed by atoms with E-state index >= 15 is 0 Å². The highest BCUT2D eigenvalue weighted by Crippen LogP contribution is 2.18. The molecule has 0 spiro atoms. The van der Waals surface area contributed by atoms with Crippen molar-refractivity contribution in [1.82, 2.24) is 0 Å². The lowest BCUT2D eigenvalue weighted by molar-refractivity contribution is 0.662. The van der Waals surface area contributed by atoms with Gasteiger partial charge in [-0.3, -0.25) is 0 Å². The van der Waals surface area contributed by atoms with Crippen molar-refractivity contribution in [2.24, 2.45) is 5.73 Å². The fourth-order valence-electron chi connectivity index (χ4n) is 0.762. The highest BCUT2D eigenvalue weighted by atomic mass is 32.2. The van der Waals surface area contributed by atoms with Crippen LogP contribution < -0.4 is 5.73 Å². The second-order valence-electron chi connectivity index (χ2n) is 1.90. The molecule has 68 valence electrons. The Morgan fingerprint density at radius 3 is 2.33 bits per heavy atom. The Labute approximate surface area is 78.0 Å². The van der Waals surface area contributed by atoms with Crippen molar-refractivity contribution in [2.45, 2.75) is 25.3 Å². The summed E-state index contributed by atoms with van der Waals surface area (Å²) in [6.07, 6.45) is 0. The van der Waals surface area contributed by atoms with Gasteiger partial charge in [0.05, 0.1) is 0 Å². The predicted molar refractivity (Wildman–Crippen MR) is 54.2 cm³/mol. The number of rotatable bonds is 2.